The molecule has 1 saturated heterocycles. The molecule has 0 aromatic heterocycles. The third-order valence-corrected chi connectivity index (χ3v) is 6.47. The number of hydrogen-bond acceptors (Lipinski definition) is 3. The van der Waals surface area contributed by atoms with Crippen LogP contribution < -0.4 is 0 Å². The Hall–Kier alpha value is -0.140. The molecule has 1 heterocycles. The molecule has 0 amide bonds. The molecule has 5 heteroatoms. The molecule has 0 spiro atoms. The van der Waals surface area contributed by atoms with Crippen LogP contribution in [-0.4, -0.2) is 30.6 Å². The zero-order chi connectivity index (χ0) is 13.2. The zero-order valence-corrected chi connectivity index (χ0v) is 13.0. The summed E-state index contributed by atoms with van der Waals surface area (Å²) in [5, 5.41) is 9.57. The van der Waals surface area contributed by atoms with Crippen LogP contribution >= 0.6 is 22.6 Å². The van der Waals surface area contributed by atoms with Crippen molar-refractivity contribution in [1.82, 2.24) is 0 Å². The van der Waals surface area contributed by atoms with E-state index < -0.39 is 21.2 Å². The maximum Gasteiger partial charge on any atom is 0.155 e. The number of aliphatic hydroxyl groups excluding tert-OH is 1. The molecular weight excluding hydrogens is 363 g/mol. The van der Waals surface area contributed by atoms with Crippen molar-refractivity contribution in [3.8, 4) is 0 Å². The summed E-state index contributed by atoms with van der Waals surface area (Å²) < 4.78 is 24.9. The van der Waals surface area contributed by atoms with Crippen LogP contribution in [0.1, 0.15) is 24.8 Å². The Morgan fingerprint density at radius 1 is 1.28 bits per heavy atom. The summed E-state index contributed by atoms with van der Waals surface area (Å²) in [5.41, 5.74) is 0.990. The fourth-order valence-electron chi connectivity index (χ4n) is 2.40. The topological polar surface area (TPSA) is 54.4 Å². The highest BCUT2D eigenvalue weighted by Crippen LogP contribution is 2.24. The van der Waals surface area contributed by atoms with Crippen molar-refractivity contribution in [2.75, 3.05) is 5.75 Å². The molecule has 2 unspecified atom stereocenters. The highest BCUT2D eigenvalue weighted by molar-refractivity contribution is 14.1. The van der Waals surface area contributed by atoms with E-state index in [1.807, 2.05) is 24.3 Å². The first-order valence-corrected chi connectivity index (χ1v) is 8.92. The third kappa shape index (κ3) is 3.45. The fourth-order valence-corrected chi connectivity index (χ4v) is 4.77. The molecule has 3 nitrogen and oxygen atoms in total. The van der Waals surface area contributed by atoms with Gasteiger partial charge in [-0.25, -0.2) is 8.42 Å². The van der Waals surface area contributed by atoms with Gasteiger partial charge >= 0.3 is 0 Å². The Morgan fingerprint density at radius 2 is 1.94 bits per heavy atom. The summed E-state index contributed by atoms with van der Waals surface area (Å²) in [4.78, 5) is 0. The van der Waals surface area contributed by atoms with Crippen molar-refractivity contribution in [2.24, 2.45) is 0 Å². The predicted molar refractivity (Wildman–Crippen MR) is 80.3 cm³/mol. The number of halogens is 1. The van der Waals surface area contributed by atoms with Gasteiger partial charge in [0.2, 0.25) is 0 Å². The Balaban J connectivity index is 2.07. The van der Waals surface area contributed by atoms with Crippen molar-refractivity contribution in [1.29, 1.82) is 0 Å². The van der Waals surface area contributed by atoms with E-state index in [1.54, 1.807) is 0 Å². The maximum absolute atomic E-state index is 11.9. The van der Waals surface area contributed by atoms with Crippen LogP contribution in [0.5, 0.6) is 0 Å². The fraction of sp³-hybridized carbons (Fsp3) is 0.538. The van der Waals surface area contributed by atoms with E-state index in [0.29, 0.717) is 12.8 Å². The van der Waals surface area contributed by atoms with Crippen LogP contribution in [0.3, 0.4) is 0 Å². The molecule has 1 aromatic rings. The second-order valence-corrected chi connectivity index (χ2v) is 8.38. The van der Waals surface area contributed by atoms with Crippen molar-refractivity contribution < 1.29 is 13.5 Å². The summed E-state index contributed by atoms with van der Waals surface area (Å²) in [5.74, 6) is 0.224. The molecule has 1 aliphatic rings. The summed E-state index contributed by atoms with van der Waals surface area (Å²) in [6.45, 7) is 0. The molecule has 0 radical (unpaired) electrons. The monoisotopic (exact) mass is 380 g/mol. The van der Waals surface area contributed by atoms with E-state index in [0.717, 1.165) is 22.0 Å². The van der Waals surface area contributed by atoms with Crippen molar-refractivity contribution in [2.45, 2.75) is 37.0 Å². The molecule has 0 saturated carbocycles. The van der Waals surface area contributed by atoms with Gasteiger partial charge in [-0.1, -0.05) is 18.6 Å². The molecule has 1 fully saturated rings. The lowest BCUT2D eigenvalue weighted by molar-refractivity contribution is 0.162. The average molecular weight is 380 g/mol. The van der Waals surface area contributed by atoms with Crippen LogP contribution in [0.25, 0.3) is 0 Å². The zero-order valence-electron chi connectivity index (χ0n) is 10.0. The molecule has 100 valence electrons. The first kappa shape index (κ1) is 14.3. The standard InChI is InChI=1S/C13H17IO3S/c14-11-6-4-10(5-7-11)9-12(15)13-3-1-2-8-18(13,16)17/h4-7,12-13,15H,1-3,8-9H2. The van der Waals surface area contributed by atoms with E-state index in [1.165, 1.54) is 0 Å². The minimum atomic E-state index is -3.10. The lowest BCUT2D eigenvalue weighted by atomic mass is 10.0. The predicted octanol–water partition coefficient (Wildman–Crippen LogP) is 2.16. The highest BCUT2D eigenvalue weighted by Gasteiger charge is 2.34. The van der Waals surface area contributed by atoms with Gasteiger partial charge in [0, 0.05) is 3.57 Å². The van der Waals surface area contributed by atoms with E-state index in [4.69, 9.17) is 0 Å². The van der Waals surface area contributed by atoms with Gasteiger partial charge in [0.05, 0.1) is 17.1 Å². The van der Waals surface area contributed by atoms with Gasteiger partial charge in [-0.15, -0.1) is 0 Å². The SMILES string of the molecule is O=S1(=O)CCCCC1C(O)Cc1ccc(I)cc1. The smallest absolute Gasteiger partial charge is 0.155 e. The first-order chi connectivity index (χ1) is 8.49. The molecule has 18 heavy (non-hydrogen) atoms. The number of aliphatic hydroxyl groups is 1. The summed E-state index contributed by atoms with van der Waals surface area (Å²) in [6.07, 6.45) is 1.85. The normalized spacial score (nSPS) is 24.7. The second kappa shape index (κ2) is 5.88. The van der Waals surface area contributed by atoms with Gasteiger partial charge in [0.15, 0.2) is 9.84 Å². The number of benzene rings is 1. The summed E-state index contributed by atoms with van der Waals surface area (Å²) in [7, 11) is -3.10. The number of rotatable bonds is 3. The molecule has 1 aromatic carbocycles. The van der Waals surface area contributed by atoms with Crippen LogP contribution in [0.2, 0.25) is 0 Å². The molecule has 1 N–H and O–H groups in total. The van der Waals surface area contributed by atoms with Gasteiger partial charge in [0.1, 0.15) is 0 Å². The molecular formula is C13H17IO3S. The maximum atomic E-state index is 11.9. The van der Waals surface area contributed by atoms with E-state index in [-0.39, 0.29) is 5.75 Å². The Labute approximate surface area is 122 Å². The van der Waals surface area contributed by atoms with Crippen LogP contribution in [-0.2, 0) is 16.3 Å². The molecule has 0 bridgehead atoms. The highest BCUT2D eigenvalue weighted by atomic mass is 127. The summed E-state index contributed by atoms with van der Waals surface area (Å²) in [6, 6.07) is 7.83. The molecule has 0 aliphatic carbocycles. The minimum absolute atomic E-state index is 0.224. The minimum Gasteiger partial charge on any atom is -0.391 e. The largest absolute Gasteiger partial charge is 0.391 e. The Bertz CT molecular complexity index is 495. The number of sulfone groups is 1. The average Bonchev–Trinajstić information content (AvgIpc) is 2.31. The van der Waals surface area contributed by atoms with Gasteiger partial charge in [0.25, 0.3) is 0 Å². The van der Waals surface area contributed by atoms with Gasteiger partial charge in [-0.3, -0.25) is 0 Å². The molecule has 2 rings (SSSR count). The van der Waals surface area contributed by atoms with Gasteiger partial charge < -0.3 is 5.11 Å². The summed E-state index contributed by atoms with van der Waals surface area (Å²) >= 11 is 2.22. The van der Waals surface area contributed by atoms with E-state index in [9.17, 15) is 13.5 Å². The lowest BCUT2D eigenvalue weighted by Crippen LogP contribution is -2.39. The molecule has 2 atom stereocenters. The van der Waals surface area contributed by atoms with Crippen LogP contribution in [0.15, 0.2) is 24.3 Å². The Kier molecular flexibility index (Phi) is 4.66. The van der Waals surface area contributed by atoms with Crippen LogP contribution in [0, 0.1) is 3.57 Å². The lowest BCUT2D eigenvalue weighted by Gasteiger charge is -2.26. The first-order valence-electron chi connectivity index (χ1n) is 6.13. The quantitative estimate of drug-likeness (QED) is 0.818. The Morgan fingerprint density at radius 3 is 2.56 bits per heavy atom. The van der Waals surface area contributed by atoms with Crippen LogP contribution in [0.4, 0.5) is 0 Å². The number of hydrogen-bond donors (Lipinski definition) is 1. The van der Waals surface area contributed by atoms with E-state index in [2.05, 4.69) is 22.6 Å². The second-order valence-electron chi connectivity index (χ2n) is 4.80. The van der Waals surface area contributed by atoms with Gasteiger partial charge in [-0.2, -0.15) is 0 Å². The third-order valence-electron chi connectivity index (χ3n) is 3.42. The van der Waals surface area contributed by atoms with Crippen molar-refractivity contribution in [3.63, 3.8) is 0 Å². The molecule has 1 aliphatic heterocycles. The van der Waals surface area contributed by atoms with E-state index >= 15 is 0 Å². The van der Waals surface area contributed by atoms with Gasteiger partial charge in [-0.05, 0) is 59.5 Å². The van der Waals surface area contributed by atoms with Crippen molar-refractivity contribution >= 4 is 32.4 Å². The van der Waals surface area contributed by atoms with Crippen molar-refractivity contribution in [3.05, 3.63) is 33.4 Å².